The van der Waals surface area contributed by atoms with Crippen molar-refractivity contribution >= 4 is 0 Å². The van der Waals surface area contributed by atoms with Crippen molar-refractivity contribution in [1.29, 1.82) is 0 Å². The van der Waals surface area contributed by atoms with Crippen LogP contribution < -0.4 is 11.3 Å². The van der Waals surface area contributed by atoms with E-state index >= 15 is 0 Å². The molecule has 0 fully saturated rings. The van der Waals surface area contributed by atoms with Gasteiger partial charge in [-0.1, -0.05) is 71.7 Å². The van der Waals surface area contributed by atoms with E-state index in [2.05, 4.69) is 64.3 Å². The van der Waals surface area contributed by atoms with E-state index in [1.807, 2.05) is 0 Å². The maximum Gasteiger partial charge on any atom is 0.0462 e. The summed E-state index contributed by atoms with van der Waals surface area (Å²) in [6, 6.07) is 9.15. The second-order valence-electron chi connectivity index (χ2n) is 6.51. The van der Waals surface area contributed by atoms with Gasteiger partial charge in [0.25, 0.3) is 0 Å². The van der Waals surface area contributed by atoms with Crippen LogP contribution in [-0.2, 0) is 5.41 Å². The second-order valence-corrected chi connectivity index (χ2v) is 6.51. The molecule has 1 atom stereocenters. The highest BCUT2D eigenvalue weighted by Crippen LogP contribution is 2.27. The van der Waals surface area contributed by atoms with Crippen molar-refractivity contribution in [3.05, 3.63) is 35.4 Å². The fourth-order valence-electron chi connectivity index (χ4n) is 2.47. The van der Waals surface area contributed by atoms with Crippen LogP contribution in [0.4, 0.5) is 0 Å². The van der Waals surface area contributed by atoms with Crippen molar-refractivity contribution in [3.63, 3.8) is 0 Å². The summed E-state index contributed by atoms with van der Waals surface area (Å²) in [7, 11) is 0. The summed E-state index contributed by atoms with van der Waals surface area (Å²) >= 11 is 0. The molecule has 0 bridgehead atoms. The molecule has 108 valence electrons. The van der Waals surface area contributed by atoms with E-state index in [9.17, 15) is 0 Å². The zero-order valence-electron chi connectivity index (χ0n) is 13.2. The summed E-state index contributed by atoms with van der Waals surface area (Å²) in [5, 5.41) is 0. The van der Waals surface area contributed by atoms with Gasteiger partial charge in [-0.25, -0.2) is 0 Å². The molecule has 0 aliphatic heterocycles. The van der Waals surface area contributed by atoms with Crippen molar-refractivity contribution in [2.24, 2.45) is 11.8 Å². The minimum absolute atomic E-state index is 0.208. The molecule has 0 aliphatic rings. The Balaban J connectivity index is 2.82. The van der Waals surface area contributed by atoms with E-state index in [4.69, 9.17) is 5.84 Å². The first kappa shape index (κ1) is 16.2. The Hall–Kier alpha value is -0.860. The predicted molar refractivity (Wildman–Crippen MR) is 83.9 cm³/mol. The van der Waals surface area contributed by atoms with Gasteiger partial charge in [-0.15, -0.1) is 0 Å². The Kier molecular flexibility index (Phi) is 6.02. The van der Waals surface area contributed by atoms with E-state index in [0.717, 1.165) is 12.3 Å². The average molecular weight is 262 g/mol. The third-order valence-corrected chi connectivity index (χ3v) is 4.10. The number of hydrazine groups is 1. The van der Waals surface area contributed by atoms with Crippen LogP contribution in [0.15, 0.2) is 24.3 Å². The molecule has 1 aromatic carbocycles. The Bertz CT molecular complexity index is 358. The zero-order chi connectivity index (χ0) is 14.5. The standard InChI is InChI=1S/C17H30N2/c1-6-13(7-2)12-16(19-18)14-8-10-15(11-9-14)17(3,4)5/h8-11,13,16,19H,6-7,12,18H2,1-5H3. The fourth-order valence-corrected chi connectivity index (χ4v) is 2.47. The van der Waals surface area contributed by atoms with Gasteiger partial charge in [0.1, 0.15) is 0 Å². The van der Waals surface area contributed by atoms with Crippen LogP contribution in [0, 0.1) is 5.92 Å². The van der Waals surface area contributed by atoms with Gasteiger partial charge < -0.3 is 0 Å². The van der Waals surface area contributed by atoms with Crippen LogP contribution >= 0.6 is 0 Å². The van der Waals surface area contributed by atoms with E-state index in [1.165, 1.54) is 24.0 Å². The Morgan fingerprint density at radius 1 is 1.05 bits per heavy atom. The molecular formula is C17H30N2. The summed E-state index contributed by atoms with van der Waals surface area (Å²) in [6.45, 7) is 11.2. The van der Waals surface area contributed by atoms with Gasteiger partial charge in [-0.05, 0) is 28.9 Å². The van der Waals surface area contributed by atoms with Gasteiger partial charge in [0.15, 0.2) is 0 Å². The number of hydrogen-bond donors (Lipinski definition) is 2. The molecule has 1 unspecified atom stereocenters. The monoisotopic (exact) mass is 262 g/mol. The number of benzene rings is 1. The molecule has 0 saturated heterocycles. The maximum absolute atomic E-state index is 5.74. The minimum atomic E-state index is 0.208. The lowest BCUT2D eigenvalue weighted by Gasteiger charge is -2.23. The first-order chi connectivity index (χ1) is 8.92. The normalized spacial score (nSPS) is 13.8. The molecule has 0 heterocycles. The summed E-state index contributed by atoms with van der Waals surface area (Å²) in [4.78, 5) is 0. The van der Waals surface area contributed by atoms with Gasteiger partial charge in [0.05, 0.1) is 0 Å². The van der Waals surface area contributed by atoms with E-state index in [-0.39, 0.29) is 11.5 Å². The van der Waals surface area contributed by atoms with Crippen molar-refractivity contribution in [2.45, 2.75) is 65.3 Å². The third-order valence-electron chi connectivity index (χ3n) is 4.10. The molecule has 2 heteroatoms. The highest BCUT2D eigenvalue weighted by molar-refractivity contribution is 5.29. The lowest BCUT2D eigenvalue weighted by molar-refractivity contribution is 0.375. The molecule has 0 spiro atoms. The Morgan fingerprint density at radius 2 is 1.58 bits per heavy atom. The van der Waals surface area contributed by atoms with Crippen LogP contribution in [0.25, 0.3) is 0 Å². The van der Waals surface area contributed by atoms with Crippen molar-refractivity contribution in [2.75, 3.05) is 0 Å². The lowest BCUT2D eigenvalue weighted by atomic mass is 9.85. The molecule has 0 aliphatic carbocycles. The SMILES string of the molecule is CCC(CC)CC(NN)c1ccc(C(C)(C)C)cc1. The van der Waals surface area contributed by atoms with Gasteiger partial charge in [-0.2, -0.15) is 0 Å². The van der Waals surface area contributed by atoms with Crippen molar-refractivity contribution in [1.82, 2.24) is 5.43 Å². The summed E-state index contributed by atoms with van der Waals surface area (Å²) in [5.74, 6) is 6.48. The van der Waals surface area contributed by atoms with Crippen LogP contribution in [0.2, 0.25) is 0 Å². The van der Waals surface area contributed by atoms with Crippen molar-refractivity contribution < 1.29 is 0 Å². The highest BCUT2D eigenvalue weighted by atomic mass is 15.2. The second kappa shape index (κ2) is 7.06. The predicted octanol–water partition coefficient (Wildman–Crippen LogP) is 4.31. The summed E-state index contributed by atoms with van der Waals surface area (Å²) in [5.41, 5.74) is 5.85. The molecule has 0 saturated carbocycles. The molecule has 19 heavy (non-hydrogen) atoms. The van der Waals surface area contributed by atoms with Crippen molar-refractivity contribution in [3.8, 4) is 0 Å². The quantitative estimate of drug-likeness (QED) is 0.592. The zero-order valence-corrected chi connectivity index (χ0v) is 13.2. The molecule has 3 N–H and O–H groups in total. The van der Waals surface area contributed by atoms with Gasteiger partial charge in [-0.3, -0.25) is 11.3 Å². The average Bonchev–Trinajstić information content (AvgIpc) is 2.39. The fraction of sp³-hybridized carbons (Fsp3) is 0.647. The summed E-state index contributed by atoms with van der Waals surface area (Å²) < 4.78 is 0. The summed E-state index contributed by atoms with van der Waals surface area (Å²) in [6.07, 6.45) is 3.54. The number of nitrogens with one attached hydrogen (secondary N) is 1. The minimum Gasteiger partial charge on any atom is -0.271 e. The van der Waals surface area contributed by atoms with Gasteiger partial charge in [0, 0.05) is 6.04 Å². The topological polar surface area (TPSA) is 38.0 Å². The molecule has 1 aromatic rings. The molecule has 0 radical (unpaired) electrons. The highest BCUT2D eigenvalue weighted by Gasteiger charge is 2.17. The Morgan fingerprint density at radius 3 is 1.95 bits per heavy atom. The van der Waals surface area contributed by atoms with E-state index in [1.54, 1.807) is 0 Å². The first-order valence-corrected chi connectivity index (χ1v) is 7.48. The molecule has 1 rings (SSSR count). The number of hydrogen-bond acceptors (Lipinski definition) is 2. The third kappa shape index (κ3) is 4.63. The molecular weight excluding hydrogens is 232 g/mol. The largest absolute Gasteiger partial charge is 0.271 e. The van der Waals surface area contributed by atoms with Crippen LogP contribution in [0.1, 0.15) is 71.0 Å². The number of rotatable bonds is 6. The first-order valence-electron chi connectivity index (χ1n) is 7.48. The molecule has 0 aromatic heterocycles. The van der Waals surface area contributed by atoms with Gasteiger partial charge in [0.2, 0.25) is 0 Å². The van der Waals surface area contributed by atoms with Crippen LogP contribution in [0.5, 0.6) is 0 Å². The maximum atomic E-state index is 5.74. The lowest BCUT2D eigenvalue weighted by Crippen LogP contribution is -2.29. The van der Waals surface area contributed by atoms with Gasteiger partial charge >= 0.3 is 0 Å². The Labute approximate surface area is 118 Å². The van der Waals surface area contributed by atoms with Crippen LogP contribution in [-0.4, -0.2) is 0 Å². The van der Waals surface area contributed by atoms with Crippen LogP contribution in [0.3, 0.4) is 0 Å². The molecule has 2 nitrogen and oxygen atoms in total. The molecule has 0 amide bonds. The number of nitrogens with two attached hydrogens (primary N) is 1. The van der Waals surface area contributed by atoms with E-state index < -0.39 is 0 Å². The van der Waals surface area contributed by atoms with E-state index in [0.29, 0.717) is 0 Å². The smallest absolute Gasteiger partial charge is 0.0462 e.